The van der Waals surface area contributed by atoms with Crippen LogP contribution in [0.3, 0.4) is 0 Å². The van der Waals surface area contributed by atoms with Gasteiger partial charge in [-0.25, -0.2) is 0 Å². The van der Waals surface area contributed by atoms with Crippen molar-refractivity contribution in [1.82, 2.24) is 0 Å². The van der Waals surface area contributed by atoms with Crippen LogP contribution in [0.15, 0.2) is 11.1 Å². The molecule has 1 saturated carbocycles. The topological polar surface area (TPSA) is 37.3 Å². The van der Waals surface area contributed by atoms with Gasteiger partial charge in [-0.15, -0.1) is 0 Å². The summed E-state index contributed by atoms with van der Waals surface area (Å²) in [5.74, 6) is 0.801. The minimum atomic E-state index is -0.588. The van der Waals surface area contributed by atoms with E-state index in [1.165, 1.54) is 0 Å². The second-order valence-corrected chi connectivity index (χ2v) is 8.33. The van der Waals surface area contributed by atoms with Crippen LogP contribution in [0.2, 0.25) is 0 Å². The van der Waals surface area contributed by atoms with E-state index in [1.54, 1.807) is 11.1 Å². The highest BCUT2D eigenvalue weighted by molar-refractivity contribution is 5.75. The third-order valence-electron chi connectivity index (χ3n) is 6.36. The van der Waals surface area contributed by atoms with Crippen molar-refractivity contribution in [2.75, 3.05) is 0 Å². The lowest BCUT2D eigenvalue weighted by Gasteiger charge is -2.56. The Kier molecular flexibility index (Phi) is 4.30. The Hall–Kier alpha value is -0.790. The third kappa shape index (κ3) is 2.45. The summed E-state index contributed by atoms with van der Waals surface area (Å²) >= 11 is 0. The summed E-state index contributed by atoms with van der Waals surface area (Å²) in [6, 6.07) is 0. The Morgan fingerprint density at radius 2 is 1.76 bits per heavy atom. The molecule has 1 N–H and O–H groups in total. The van der Waals surface area contributed by atoms with E-state index in [-0.39, 0.29) is 11.3 Å². The van der Waals surface area contributed by atoms with Gasteiger partial charge in [-0.05, 0) is 55.8 Å². The molecule has 0 aromatic heterocycles. The number of hydrogen-bond acceptors (Lipinski definition) is 1. The Labute approximate surface area is 130 Å². The summed E-state index contributed by atoms with van der Waals surface area (Å²) in [5.41, 5.74) is 2.73. The maximum atomic E-state index is 11.9. The third-order valence-corrected chi connectivity index (χ3v) is 6.36. The Balaban J connectivity index is 2.57. The second-order valence-electron chi connectivity index (χ2n) is 8.33. The number of hydrogen-bond donors (Lipinski definition) is 1. The first-order chi connectivity index (χ1) is 9.64. The number of carboxylic acids is 1. The highest BCUT2D eigenvalue weighted by Crippen LogP contribution is 2.61. The molecule has 0 aromatic carbocycles. The van der Waals surface area contributed by atoms with Crippen LogP contribution in [0.25, 0.3) is 0 Å². The molecular formula is C19H32O2. The minimum Gasteiger partial charge on any atom is -0.481 e. The minimum absolute atomic E-state index is 0.0808. The largest absolute Gasteiger partial charge is 0.481 e. The van der Waals surface area contributed by atoms with Gasteiger partial charge in [0, 0.05) is 0 Å². The van der Waals surface area contributed by atoms with Crippen molar-refractivity contribution in [2.24, 2.45) is 28.6 Å². The maximum absolute atomic E-state index is 11.9. The molecule has 0 radical (unpaired) electrons. The fourth-order valence-corrected chi connectivity index (χ4v) is 5.52. The van der Waals surface area contributed by atoms with Crippen molar-refractivity contribution in [3.05, 3.63) is 11.1 Å². The quantitative estimate of drug-likeness (QED) is 0.718. The van der Waals surface area contributed by atoms with Gasteiger partial charge in [0.2, 0.25) is 0 Å². The number of rotatable bonds is 3. The monoisotopic (exact) mass is 292 g/mol. The second kappa shape index (κ2) is 5.44. The van der Waals surface area contributed by atoms with Crippen molar-refractivity contribution in [3.63, 3.8) is 0 Å². The van der Waals surface area contributed by atoms with Gasteiger partial charge in [-0.1, -0.05) is 52.2 Å². The lowest BCUT2D eigenvalue weighted by atomic mass is 9.48. The molecular weight excluding hydrogens is 260 g/mol. The van der Waals surface area contributed by atoms with Crippen molar-refractivity contribution >= 4 is 5.97 Å². The zero-order chi connectivity index (χ0) is 16.0. The van der Waals surface area contributed by atoms with Crippen molar-refractivity contribution in [2.45, 2.75) is 73.6 Å². The molecule has 21 heavy (non-hydrogen) atoms. The fraction of sp³-hybridized carbons (Fsp3) is 0.842. The van der Waals surface area contributed by atoms with E-state index in [4.69, 9.17) is 0 Å². The van der Waals surface area contributed by atoms with E-state index in [1.807, 2.05) is 6.92 Å². The van der Waals surface area contributed by atoms with Crippen LogP contribution in [0.4, 0.5) is 0 Å². The van der Waals surface area contributed by atoms with Gasteiger partial charge in [0.25, 0.3) is 0 Å². The van der Waals surface area contributed by atoms with E-state index in [0.29, 0.717) is 11.8 Å². The Bertz CT molecular complexity index is 460. The van der Waals surface area contributed by atoms with Gasteiger partial charge in [0.1, 0.15) is 0 Å². The van der Waals surface area contributed by atoms with Crippen LogP contribution in [-0.4, -0.2) is 11.1 Å². The molecule has 2 heteroatoms. The predicted octanol–water partition coefficient (Wildman–Crippen LogP) is 5.29. The Morgan fingerprint density at radius 1 is 1.14 bits per heavy atom. The summed E-state index contributed by atoms with van der Waals surface area (Å²) in [5, 5.41) is 9.83. The number of carbonyl (C=O) groups is 1. The smallest absolute Gasteiger partial charge is 0.309 e. The molecule has 0 spiro atoms. The zero-order valence-electron chi connectivity index (χ0n) is 14.6. The number of carboxylic acid groups (broad SMARTS) is 1. The van der Waals surface area contributed by atoms with Crippen molar-refractivity contribution in [3.8, 4) is 0 Å². The number of aliphatic carboxylic acids is 1. The molecule has 0 heterocycles. The highest BCUT2D eigenvalue weighted by atomic mass is 16.4. The predicted molar refractivity (Wildman–Crippen MR) is 87.1 cm³/mol. The highest BCUT2D eigenvalue weighted by Gasteiger charge is 2.56. The van der Waals surface area contributed by atoms with Crippen LogP contribution in [0, 0.1) is 28.6 Å². The van der Waals surface area contributed by atoms with Gasteiger partial charge in [-0.2, -0.15) is 0 Å². The van der Waals surface area contributed by atoms with E-state index in [2.05, 4.69) is 34.6 Å². The van der Waals surface area contributed by atoms with Crippen LogP contribution in [0.1, 0.15) is 73.6 Å². The summed E-state index contributed by atoms with van der Waals surface area (Å²) in [7, 11) is 0. The van der Waals surface area contributed by atoms with Crippen LogP contribution >= 0.6 is 0 Å². The molecule has 0 bridgehead atoms. The average Bonchev–Trinajstić information content (AvgIpc) is 2.36. The molecule has 2 nitrogen and oxygen atoms in total. The van der Waals surface area contributed by atoms with Gasteiger partial charge in [0.05, 0.1) is 5.41 Å². The standard InChI is InChI=1S/C19H32O2/c1-12(2)14-8-9-15-18(5,16(14)13(3)4)10-7-11-19(15,6)17(20)21/h12-13,15H,7-11H2,1-6H3,(H,20,21)/t15?,18-,19+/m0/s1. The zero-order valence-corrected chi connectivity index (χ0v) is 14.6. The molecule has 1 unspecified atom stereocenters. The van der Waals surface area contributed by atoms with E-state index >= 15 is 0 Å². The molecule has 2 rings (SSSR count). The molecule has 1 fully saturated rings. The lowest BCUT2D eigenvalue weighted by molar-refractivity contribution is -0.159. The summed E-state index contributed by atoms with van der Waals surface area (Å²) < 4.78 is 0. The molecule has 2 aliphatic carbocycles. The number of fused-ring (bicyclic) bond motifs is 1. The molecule has 120 valence electrons. The molecule has 0 amide bonds. The van der Waals surface area contributed by atoms with Crippen LogP contribution in [0.5, 0.6) is 0 Å². The molecule has 3 atom stereocenters. The van der Waals surface area contributed by atoms with Gasteiger partial charge in [-0.3, -0.25) is 4.79 Å². The SMILES string of the molecule is CC(C)C1=C(C(C)C)[C@@]2(C)CCC[C@@](C)(C(=O)O)C2CC1. The van der Waals surface area contributed by atoms with E-state index < -0.39 is 11.4 Å². The van der Waals surface area contributed by atoms with Gasteiger partial charge in [0.15, 0.2) is 0 Å². The average molecular weight is 292 g/mol. The molecule has 2 aliphatic rings. The first-order valence-corrected chi connectivity index (χ1v) is 8.61. The lowest BCUT2D eigenvalue weighted by Crippen LogP contribution is -2.51. The molecule has 0 saturated heterocycles. The van der Waals surface area contributed by atoms with Crippen molar-refractivity contribution in [1.29, 1.82) is 0 Å². The summed E-state index contributed by atoms with van der Waals surface area (Å²) in [4.78, 5) is 11.9. The number of allylic oxidation sites excluding steroid dienone is 2. The van der Waals surface area contributed by atoms with Crippen LogP contribution in [-0.2, 0) is 4.79 Å². The van der Waals surface area contributed by atoms with E-state index in [9.17, 15) is 9.90 Å². The first kappa shape index (κ1) is 16.6. The van der Waals surface area contributed by atoms with E-state index in [0.717, 1.165) is 32.1 Å². The first-order valence-electron chi connectivity index (χ1n) is 8.61. The maximum Gasteiger partial charge on any atom is 0.309 e. The molecule has 0 aliphatic heterocycles. The summed E-state index contributed by atoms with van der Waals surface area (Å²) in [6.45, 7) is 13.5. The fourth-order valence-electron chi connectivity index (χ4n) is 5.52. The van der Waals surface area contributed by atoms with Gasteiger partial charge < -0.3 is 5.11 Å². The summed E-state index contributed by atoms with van der Waals surface area (Å²) in [6.07, 6.45) is 5.17. The Morgan fingerprint density at radius 3 is 2.24 bits per heavy atom. The van der Waals surface area contributed by atoms with Crippen LogP contribution < -0.4 is 0 Å². The van der Waals surface area contributed by atoms with Crippen molar-refractivity contribution < 1.29 is 9.90 Å². The molecule has 0 aromatic rings. The normalized spacial score (nSPS) is 37.0. The van der Waals surface area contributed by atoms with Gasteiger partial charge >= 0.3 is 5.97 Å².